The van der Waals surface area contributed by atoms with E-state index in [1.54, 1.807) is 0 Å². The summed E-state index contributed by atoms with van der Waals surface area (Å²) < 4.78 is 1.06. The zero-order valence-electron chi connectivity index (χ0n) is 10.6. The monoisotopic (exact) mass is 319 g/mol. The molecule has 1 aliphatic carbocycles. The Morgan fingerprint density at radius 1 is 1.37 bits per heavy atom. The van der Waals surface area contributed by atoms with Crippen LogP contribution in [0.3, 0.4) is 0 Å². The van der Waals surface area contributed by atoms with Crippen LogP contribution in [-0.2, 0) is 12.8 Å². The largest absolute Gasteiger partial charge is 0.326 e. The van der Waals surface area contributed by atoms with Gasteiger partial charge >= 0.3 is 0 Å². The number of fused-ring (bicyclic) bond motifs is 1. The van der Waals surface area contributed by atoms with E-state index in [0.29, 0.717) is 5.95 Å². The summed E-state index contributed by atoms with van der Waals surface area (Å²) in [5.41, 5.74) is 3.81. The third kappa shape index (κ3) is 2.42. The number of aromatic nitrogens is 2. The van der Waals surface area contributed by atoms with Crippen LogP contribution in [0.15, 0.2) is 27.5 Å². The van der Waals surface area contributed by atoms with Crippen LogP contribution >= 0.6 is 15.9 Å². The highest BCUT2D eigenvalue weighted by Crippen LogP contribution is 2.22. The Bertz CT molecular complexity index is 694. The predicted molar refractivity (Wildman–Crippen MR) is 79.0 cm³/mol. The average Bonchev–Trinajstić information content (AvgIpc) is 2.82. The van der Waals surface area contributed by atoms with Gasteiger partial charge in [0.15, 0.2) is 0 Å². The summed E-state index contributed by atoms with van der Waals surface area (Å²) >= 11 is 3.47. The van der Waals surface area contributed by atoms with Gasteiger partial charge in [-0.2, -0.15) is 0 Å². The first-order valence-electron chi connectivity index (χ1n) is 6.29. The van der Waals surface area contributed by atoms with Crippen molar-refractivity contribution in [1.82, 2.24) is 9.97 Å². The Kier molecular flexibility index (Phi) is 3.14. The van der Waals surface area contributed by atoms with Crippen molar-refractivity contribution in [3.05, 3.63) is 49.8 Å². The first kappa shape index (κ1) is 12.4. The van der Waals surface area contributed by atoms with Crippen molar-refractivity contribution in [2.24, 2.45) is 0 Å². The minimum absolute atomic E-state index is 0.0150. The number of H-pyrrole nitrogens is 1. The zero-order chi connectivity index (χ0) is 13.4. The van der Waals surface area contributed by atoms with Crippen LogP contribution in [0.1, 0.15) is 23.2 Å². The molecule has 0 atom stereocenters. The van der Waals surface area contributed by atoms with Crippen LogP contribution in [0.4, 0.5) is 11.6 Å². The fourth-order valence-electron chi connectivity index (χ4n) is 2.36. The van der Waals surface area contributed by atoms with Crippen molar-refractivity contribution in [2.45, 2.75) is 26.2 Å². The summed E-state index contributed by atoms with van der Waals surface area (Å²) in [5.74, 6) is 0.521. The number of anilines is 2. The van der Waals surface area contributed by atoms with Crippen LogP contribution in [0, 0.1) is 6.92 Å². The van der Waals surface area contributed by atoms with Gasteiger partial charge in [-0.05, 0) is 49.9 Å². The number of aromatic amines is 1. The van der Waals surface area contributed by atoms with Crippen molar-refractivity contribution in [3.8, 4) is 0 Å². The molecule has 2 N–H and O–H groups in total. The van der Waals surface area contributed by atoms with E-state index in [1.807, 2.05) is 25.1 Å². The molecule has 4 nitrogen and oxygen atoms in total. The van der Waals surface area contributed by atoms with Gasteiger partial charge in [-0.25, -0.2) is 4.98 Å². The molecule has 0 spiro atoms. The summed E-state index contributed by atoms with van der Waals surface area (Å²) in [6, 6.07) is 5.94. The van der Waals surface area contributed by atoms with Crippen molar-refractivity contribution >= 4 is 27.6 Å². The van der Waals surface area contributed by atoms with E-state index in [9.17, 15) is 4.79 Å². The summed E-state index contributed by atoms with van der Waals surface area (Å²) in [5, 5.41) is 3.16. The standard InChI is InChI=1S/C14H14BrN3O/c1-8-7-9(5-6-11(8)15)16-14-17-12-4-2-3-10(12)13(19)18-14/h5-7H,2-4H2,1H3,(H2,16,17,18,19). The second-order valence-electron chi connectivity index (χ2n) is 4.78. The lowest BCUT2D eigenvalue weighted by Gasteiger charge is -2.08. The number of hydrogen-bond donors (Lipinski definition) is 2. The van der Waals surface area contributed by atoms with E-state index >= 15 is 0 Å². The molecule has 0 aliphatic heterocycles. The van der Waals surface area contributed by atoms with Gasteiger partial charge in [-0.1, -0.05) is 15.9 Å². The molecule has 0 bridgehead atoms. The van der Waals surface area contributed by atoms with Crippen LogP contribution in [0.2, 0.25) is 0 Å². The summed E-state index contributed by atoms with van der Waals surface area (Å²) in [4.78, 5) is 19.2. The van der Waals surface area contributed by atoms with Crippen molar-refractivity contribution in [2.75, 3.05) is 5.32 Å². The lowest BCUT2D eigenvalue weighted by Crippen LogP contribution is -2.16. The Labute approximate surface area is 119 Å². The highest BCUT2D eigenvalue weighted by atomic mass is 79.9. The van der Waals surface area contributed by atoms with Crippen LogP contribution in [0.25, 0.3) is 0 Å². The van der Waals surface area contributed by atoms with Crippen molar-refractivity contribution in [3.63, 3.8) is 0 Å². The van der Waals surface area contributed by atoms with Crippen molar-refractivity contribution < 1.29 is 0 Å². The minimum Gasteiger partial charge on any atom is -0.326 e. The molecule has 5 heteroatoms. The molecule has 1 aromatic carbocycles. The topological polar surface area (TPSA) is 57.8 Å². The molecule has 1 heterocycles. The molecule has 0 fully saturated rings. The molecular formula is C14H14BrN3O. The Hall–Kier alpha value is -1.62. The second kappa shape index (κ2) is 4.81. The maximum atomic E-state index is 11.9. The highest BCUT2D eigenvalue weighted by molar-refractivity contribution is 9.10. The number of hydrogen-bond acceptors (Lipinski definition) is 3. The number of nitrogens with one attached hydrogen (secondary N) is 2. The van der Waals surface area contributed by atoms with Gasteiger partial charge in [0.1, 0.15) is 0 Å². The van der Waals surface area contributed by atoms with Crippen LogP contribution < -0.4 is 10.9 Å². The van der Waals surface area contributed by atoms with Crippen molar-refractivity contribution in [1.29, 1.82) is 0 Å². The van der Waals surface area contributed by atoms with Gasteiger partial charge in [0, 0.05) is 15.7 Å². The quantitative estimate of drug-likeness (QED) is 0.894. The molecule has 0 radical (unpaired) electrons. The molecule has 2 aromatic rings. The summed E-state index contributed by atoms with van der Waals surface area (Å²) in [7, 11) is 0. The molecule has 1 aromatic heterocycles. The predicted octanol–water partition coefficient (Wildman–Crippen LogP) is 3.07. The fraction of sp³-hybridized carbons (Fsp3) is 0.286. The SMILES string of the molecule is Cc1cc(Nc2nc3c(c(=O)[nH]2)CCC3)ccc1Br. The van der Waals surface area contributed by atoms with Gasteiger partial charge in [0.05, 0.1) is 5.69 Å². The first-order valence-corrected chi connectivity index (χ1v) is 7.08. The van der Waals surface area contributed by atoms with E-state index < -0.39 is 0 Å². The fourth-order valence-corrected chi connectivity index (χ4v) is 2.61. The van der Waals surface area contributed by atoms with E-state index in [4.69, 9.17) is 0 Å². The third-order valence-corrected chi connectivity index (χ3v) is 4.25. The maximum Gasteiger partial charge on any atom is 0.255 e. The van der Waals surface area contributed by atoms with Gasteiger partial charge in [0.2, 0.25) is 5.95 Å². The number of benzene rings is 1. The first-order chi connectivity index (χ1) is 9.13. The van der Waals surface area contributed by atoms with Gasteiger partial charge in [-0.3, -0.25) is 9.78 Å². The molecule has 19 heavy (non-hydrogen) atoms. The number of aryl methyl sites for hydroxylation is 2. The highest BCUT2D eigenvalue weighted by Gasteiger charge is 2.17. The molecule has 0 unspecified atom stereocenters. The number of nitrogens with zero attached hydrogens (tertiary/aromatic N) is 1. The van der Waals surface area contributed by atoms with Gasteiger partial charge < -0.3 is 5.32 Å². The number of rotatable bonds is 2. The molecule has 3 rings (SSSR count). The summed E-state index contributed by atoms with van der Waals surface area (Å²) in [6.45, 7) is 2.02. The smallest absolute Gasteiger partial charge is 0.255 e. The van der Waals surface area contributed by atoms with Gasteiger partial charge in [-0.15, -0.1) is 0 Å². The molecule has 1 aliphatic rings. The normalized spacial score (nSPS) is 13.4. The lowest BCUT2D eigenvalue weighted by molar-refractivity contribution is 0.899. The minimum atomic E-state index is -0.0150. The lowest BCUT2D eigenvalue weighted by atomic mass is 10.2. The molecule has 0 amide bonds. The Morgan fingerprint density at radius 2 is 2.21 bits per heavy atom. The molecule has 0 saturated carbocycles. The third-order valence-electron chi connectivity index (χ3n) is 3.36. The zero-order valence-corrected chi connectivity index (χ0v) is 12.2. The second-order valence-corrected chi connectivity index (χ2v) is 5.64. The molecular weight excluding hydrogens is 306 g/mol. The molecule has 0 saturated heterocycles. The summed E-state index contributed by atoms with van der Waals surface area (Å²) in [6.07, 6.45) is 2.76. The maximum absolute atomic E-state index is 11.9. The van der Waals surface area contributed by atoms with E-state index in [0.717, 1.165) is 46.2 Å². The van der Waals surface area contributed by atoms with Gasteiger partial charge in [0.25, 0.3) is 5.56 Å². The Morgan fingerprint density at radius 3 is 3.00 bits per heavy atom. The van der Waals surface area contributed by atoms with E-state index in [2.05, 4.69) is 31.2 Å². The van der Waals surface area contributed by atoms with Crippen LogP contribution in [-0.4, -0.2) is 9.97 Å². The molecule has 98 valence electrons. The average molecular weight is 320 g/mol. The van der Waals surface area contributed by atoms with E-state index in [1.165, 1.54) is 0 Å². The van der Waals surface area contributed by atoms with E-state index in [-0.39, 0.29) is 5.56 Å². The number of halogens is 1. The Balaban J connectivity index is 1.93. The van der Waals surface area contributed by atoms with Crippen LogP contribution in [0.5, 0.6) is 0 Å².